The number of carbonyl (C=O) groups excluding carboxylic acids is 1. The largest absolute Gasteiger partial charge is 0.399 e. The summed E-state index contributed by atoms with van der Waals surface area (Å²) in [7, 11) is 0. The third-order valence-electron chi connectivity index (χ3n) is 2.66. The Labute approximate surface area is 102 Å². The van der Waals surface area contributed by atoms with Crippen LogP contribution in [-0.2, 0) is 4.79 Å². The van der Waals surface area contributed by atoms with Crippen molar-refractivity contribution in [2.75, 3.05) is 12.3 Å². The summed E-state index contributed by atoms with van der Waals surface area (Å²) in [6, 6.07) is 7.26. The van der Waals surface area contributed by atoms with Crippen molar-refractivity contribution in [2.45, 2.75) is 32.2 Å². The normalized spacial score (nSPS) is 13.2. The number of anilines is 1. The minimum atomic E-state index is -0.605. The van der Waals surface area contributed by atoms with Gasteiger partial charge in [-0.15, -0.1) is 0 Å². The number of rotatable bonds is 4. The van der Waals surface area contributed by atoms with Crippen molar-refractivity contribution in [1.82, 2.24) is 5.32 Å². The zero-order valence-corrected chi connectivity index (χ0v) is 10.5. The quantitative estimate of drug-likeness (QED) is 0.689. The Kier molecular flexibility index (Phi) is 4.12. The molecule has 0 fully saturated rings. The Bertz CT molecular complexity index is 402. The fourth-order valence-corrected chi connectivity index (χ4v) is 1.46. The van der Waals surface area contributed by atoms with E-state index in [0.717, 1.165) is 5.56 Å². The van der Waals surface area contributed by atoms with E-state index in [1.54, 1.807) is 26.0 Å². The number of aliphatic hydroxyl groups is 1. The molecule has 1 atom stereocenters. The Morgan fingerprint density at radius 2 is 2.18 bits per heavy atom. The molecule has 4 nitrogen and oxygen atoms in total. The molecule has 1 rings (SSSR count). The van der Waals surface area contributed by atoms with Gasteiger partial charge in [0, 0.05) is 5.69 Å². The van der Waals surface area contributed by atoms with Crippen LogP contribution in [0.15, 0.2) is 24.3 Å². The van der Waals surface area contributed by atoms with E-state index in [2.05, 4.69) is 5.32 Å². The van der Waals surface area contributed by atoms with Gasteiger partial charge in [0.25, 0.3) is 0 Å². The Balaban J connectivity index is 2.77. The topological polar surface area (TPSA) is 75.3 Å². The van der Waals surface area contributed by atoms with E-state index in [4.69, 9.17) is 10.8 Å². The first-order valence-corrected chi connectivity index (χ1v) is 5.64. The second kappa shape index (κ2) is 5.19. The molecule has 4 heteroatoms. The van der Waals surface area contributed by atoms with Gasteiger partial charge in [-0.05, 0) is 38.5 Å². The van der Waals surface area contributed by atoms with Crippen molar-refractivity contribution in [3.05, 3.63) is 29.8 Å². The van der Waals surface area contributed by atoms with Crippen molar-refractivity contribution >= 4 is 11.6 Å². The molecule has 0 aliphatic heterocycles. The van der Waals surface area contributed by atoms with Gasteiger partial charge in [-0.25, -0.2) is 0 Å². The maximum Gasteiger partial charge on any atom is 0.227 e. The van der Waals surface area contributed by atoms with Crippen molar-refractivity contribution in [3.8, 4) is 0 Å². The number of amides is 1. The summed E-state index contributed by atoms with van der Waals surface area (Å²) in [6.45, 7) is 5.27. The van der Waals surface area contributed by atoms with Gasteiger partial charge < -0.3 is 16.2 Å². The lowest BCUT2D eigenvalue weighted by molar-refractivity contribution is -0.124. The Morgan fingerprint density at radius 1 is 1.53 bits per heavy atom. The highest BCUT2D eigenvalue weighted by molar-refractivity contribution is 5.84. The molecule has 1 aromatic rings. The molecule has 4 N–H and O–H groups in total. The Morgan fingerprint density at radius 3 is 2.71 bits per heavy atom. The molecule has 0 radical (unpaired) electrons. The maximum atomic E-state index is 12.0. The number of carbonyl (C=O) groups is 1. The van der Waals surface area contributed by atoms with Gasteiger partial charge in [0.1, 0.15) is 0 Å². The first kappa shape index (κ1) is 13.5. The SMILES string of the molecule is CC(C(=O)NC(C)(C)CO)c1cccc(N)c1. The van der Waals surface area contributed by atoms with E-state index in [1.807, 2.05) is 19.1 Å². The zero-order chi connectivity index (χ0) is 13.1. The molecule has 0 heterocycles. The predicted octanol–water partition coefficient (Wildman–Crippen LogP) is 1.26. The van der Waals surface area contributed by atoms with Crippen LogP contribution in [-0.4, -0.2) is 23.2 Å². The van der Waals surface area contributed by atoms with E-state index >= 15 is 0 Å². The van der Waals surface area contributed by atoms with Crippen LogP contribution in [0.4, 0.5) is 5.69 Å². The van der Waals surface area contributed by atoms with Crippen LogP contribution in [0.2, 0.25) is 0 Å². The lowest BCUT2D eigenvalue weighted by Crippen LogP contribution is -2.47. The smallest absolute Gasteiger partial charge is 0.227 e. The van der Waals surface area contributed by atoms with Crippen LogP contribution in [0.25, 0.3) is 0 Å². The summed E-state index contributed by atoms with van der Waals surface area (Å²) in [5, 5.41) is 11.9. The molecule has 1 aromatic carbocycles. The first-order chi connectivity index (χ1) is 7.85. The summed E-state index contributed by atoms with van der Waals surface area (Å²) >= 11 is 0. The van der Waals surface area contributed by atoms with Crippen LogP contribution in [0.5, 0.6) is 0 Å². The number of benzene rings is 1. The van der Waals surface area contributed by atoms with Crippen LogP contribution in [0, 0.1) is 0 Å². The van der Waals surface area contributed by atoms with Gasteiger partial charge >= 0.3 is 0 Å². The molecule has 0 saturated carbocycles. The average molecular weight is 236 g/mol. The number of hydrogen-bond acceptors (Lipinski definition) is 3. The van der Waals surface area contributed by atoms with Crippen molar-refractivity contribution < 1.29 is 9.90 Å². The summed E-state index contributed by atoms with van der Waals surface area (Å²) in [4.78, 5) is 12.0. The van der Waals surface area contributed by atoms with E-state index in [1.165, 1.54) is 0 Å². The number of nitrogens with one attached hydrogen (secondary N) is 1. The van der Waals surface area contributed by atoms with Crippen molar-refractivity contribution in [1.29, 1.82) is 0 Å². The van der Waals surface area contributed by atoms with Gasteiger partial charge in [-0.3, -0.25) is 4.79 Å². The average Bonchev–Trinajstić information content (AvgIpc) is 2.27. The van der Waals surface area contributed by atoms with Gasteiger partial charge in [0.2, 0.25) is 5.91 Å². The van der Waals surface area contributed by atoms with Crippen LogP contribution in [0.3, 0.4) is 0 Å². The lowest BCUT2D eigenvalue weighted by Gasteiger charge is -2.25. The summed E-state index contributed by atoms with van der Waals surface area (Å²) in [5.74, 6) is -0.404. The summed E-state index contributed by atoms with van der Waals surface area (Å²) in [6.07, 6.45) is 0. The molecular formula is C13H20N2O2. The second-order valence-corrected chi connectivity index (χ2v) is 4.92. The third kappa shape index (κ3) is 3.75. The third-order valence-corrected chi connectivity index (χ3v) is 2.66. The van der Waals surface area contributed by atoms with Crippen LogP contribution in [0.1, 0.15) is 32.3 Å². The molecule has 0 spiro atoms. The van der Waals surface area contributed by atoms with Gasteiger partial charge in [-0.2, -0.15) is 0 Å². The molecule has 0 aliphatic carbocycles. The second-order valence-electron chi connectivity index (χ2n) is 4.92. The molecule has 17 heavy (non-hydrogen) atoms. The predicted molar refractivity (Wildman–Crippen MR) is 68.6 cm³/mol. The van der Waals surface area contributed by atoms with E-state index < -0.39 is 5.54 Å². The van der Waals surface area contributed by atoms with E-state index in [9.17, 15) is 4.79 Å². The fourth-order valence-electron chi connectivity index (χ4n) is 1.46. The molecule has 1 unspecified atom stereocenters. The molecule has 0 saturated heterocycles. The number of nitrogen functional groups attached to an aromatic ring is 1. The minimum absolute atomic E-state index is 0.0949. The number of aliphatic hydroxyl groups excluding tert-OH is 1. The summed E-state index contributed by atoms with van der Waals surface area (Å²) in [5.41, 5.74) is 6.59. The highest BCUT2D eigenvalue weighted by Gasteiger charge is 2.23. The highest BCUT2D eigenvalue weighted by atomic mass is 16.3. The molecule has 0 aromatic heterocycles. The lowest BCUT2D eigenvalue weighted by atomic mass is 9.98. The Hall–Kier alpha value is -1.55. The van der Waals surface area contributed by atoms with E-state index in [-0.39, 0.29) is 18.4 Å². The highest BCUT2D eigenvalue weighted by Crippen LogP contribution is 2.18. The van der Waals surface area contributed by atoms with Gasteiger partial charge in [0.15, 0.2) is 0 Å². The molecule has 1 amide bonds. The summed E-state index contributed by atoms with van der Waals surface area (Å²) < 4.78 is 0. The first-order valence-electron chi connectivity index (χ1n) is 5.64. The minimum Gasteiger partial charge on any atom is -0.399 e. The fraction of sp³-hybridized carbons (Fsp3) is 0.462. The standard InChI is InChI=1S/C13H20N2O2/c1-9(10-5-4-6-11(14)7-10)12(17)15-13(2,3)8-16/h4-7,9,16H,8,14H2,1-3H3,(H,15,17). The molecule has 94 valence electrons. The molecular weight excluding hydrogens is 216 g/mol. The zero-order valence-electron chi connectivity index (χ0n) is 10.5. The van der Waals surface area contributed by atoms with E-state index in [0.29, 0.717) is 5.69 Å². The monoisotopic (exact) mass is 236 g/mol. The molecule has 0 bridgehead atoms. The van der Waals surface area contributed by atoms with Crippen molar-refractivity contribution in [3.63, 3.8) is 0 Å². The van der Waals surface area contributed by atoms with Crippen molar-refractivity contribution in [2.24, 2.45) is 0 Å². The maximum absolute atomic E-state index is 12.0. The number of hydrogen-bond donors (Lipinski definition) is 3. The van der Waals surface area contributed by atoms with Gasteiger partial charge in [0.05, 0.1) is 18.1 Å². The molecule has 0 aliphatic rings. The number of nitrogens with two attached hydrogens (primary N) is 1. The van der Waals surface area contributed by atoms with Crippen LogP contribution >= 0.6 is 0 Å². The van der Waals surface area contributed by atoms with Crippen LogP contribution < -0.4 is 11.1 Å². The van der Waals surface area contributed by atoms with Gasteiger partial charge in [-0.1, -0.05) is 12.1 Å².